The molecule has 4 nitrogen and oxygen atoms in total. The van der Waals surface area contributed by atoms with Gasteiger partial charge < -0.3 is 10.6 Å². The van der Waals surface area contributed by atoms with Gasteiger partial charge in [-0.1, -0.05) is 23.7 Å². The van der Waals surface area contributed by atoms with E-state index in [1.165, 1.54) is 6.07 Å². The number of benzene rings is 1. The van der Waals surface area contributed by atoms with Gasteiger partial charge in [-0.2, -0.15) is 0 Å². The molecule has 0 bridgehead atoms. The third-order valence-electron chi connectivity index (χ3n) is 2.91. The van der Waals surface area contributed by atoms with Crippen LogP contribution in [0.15, 0.2) is 47.6 Å². The largest absolute Gasteiger partial charge is 0.357 e. The van der Waals surface area contributed by atoms with Crippen molar-refractivity contribution in [2.45, 2.75) is 20.0 Å². The summed E-state index contributed by atoms with van der Waals surface area (Å²) in [6.07, 6.45) is 1.75. The highest BCUT2D eigenvalue weighted by atomic mass is 127. The molecule has 0 atom stereocenters. The van der Waals surface area contributed by atoms with Crippen LogP contribution in [0.3, 0.4) is 0 Å². The average Bonchev–Trinajstić information content (AvgIpc) is 2.54. The fourth-order valence-electron chi connectivity index (χ4n) is 1.83. The Morgan fingerprint density at radius 1 is 1.26 bits per heavy atom. The lowest BCUT2D eigenvalue weighted by molar-refractivity contribution is 0.627. The standard InChI is InChI=1S/C16H18ClFN4.HI/c1-2-19-16(22-11-13-5-3-4-8-20-13)21-10-12-6-7-15(18)14(17)9-12;/h3-9H,2,10-11H2,1H3,(H2,19,21,22);1H. The minimum atomic E-state index is -0.422. The quantitative estimate of drug-likeness (QED) is 0.416. The lowest BCUT2D eigenvalue weighted by atomic mass is 10.2. The van der Waals surface area contributed by atoms with Crippen LogP contribution in [0, 0.1) is 5.82 Å². The van der Waals surface area contributed by atoms with Gasteiger partial charge in [0.15, 0.2) is 5.96 Å². The predicted molar refractivity (Wildman–Crippen MR) is 103 cm³/mol. The lowest BCUT2D eigenvalue weighted by Gasteiger charge is -2.11. The second kappa shape index (κ2) is 10.4. The number of hydrogen-bond acceptors (Lipinski definition) is 2. The number of aliphatic imine (C=N–C) groups is 1. The second-order valence-corrected chi connectivity index (χ2v) is 5.03. The van der Waals surface area contributed by atoms with E-state index in [-0.39, 0.29) is 29.0 Å². The van der Waals surface area contributed by atoms with Crippen molar-refractivity contribution in [1.29, 1.82) is 0 Å². The molecule has 0 saturated carbocycles. The normalized spacial score (nSPS) is 10.8. The van der Waals surface area contributed by atoms with E-state index in [1.807, 2.05) is 25.1 Å². The van der Waals surface area contributed by atoms with Crippen LogP contribution in [0.25, 0.3) is 0 Å². The molecule has 7 heteroatoms. The third-order valence-corrected chi connectivity index (χ3v) is 3.20. The molecule has 0 aliphatic carbocycles. The Balaban J connectivity index is 0.00000264. The minimum absolute atomic E-state index is 0. The SMILES string of the molecule is CCNC(=NCc1ccc(F)c(Cl)c1)NCc1ccccn1.I. The molecule has 0 radical (unpaired) electrons. The van der Waals surface area contributed by atoms with Gasteiger partial charge in [-0.05, 0) is 36.8 Å². The van der Waals surface area contributed by atoms with Gasteiger partial charge in [-0.15, -0.1) is 24.0 Å². The van der Waals surface area contributed by atoms with E-state index >= 15 is 0 Å². The van der Waals surface area contributed by atoms with Gasteiger partial charge in [0.25, 0.3) is 0 Å². The zero-order valence-corrected chi connectivity index (χ0v) is 15.8. The second-order valence-electron chi connectivity index (χ2n) is 4.62. The molecule has 2 N–H and O–H groups in total. The number of halogens is 3. The summed E-state index contributed by atoms with van der Waals surface area (Å²) in [4.78, 5) is 8.70. The molecule has 124 valence electrons. The first-order valence-electron chi connectivity index (χ1n) is 7.05. The lowest BCUT2D eigenvalue weighted by Crippen LogP contribution is -2.37. The molecule has 0 unspecified atom stereocenters. The van der Waals surface area contributed by atoms with Crippen molar-refractivity contribution in [2.75, 3.05) is 6.54 Å². The molecule has 1 aromatic heterocycles. The molecule has 1 heterocycles. The van der Waals surface area contributed by atoms with Gasteiger partial charge in [0.1, 0.15) is 5.82 Å². The molecule has 1 aromatic carbocycles. The number of hydrogen-bond donors (Lipinski definition) is 2. The zero-order valence-electron chi connectivity index (χ0n) is 12.7. The Labute approximate surface area is 157 Å². The summed E-state index contributed by atoms with van der Waals surface area (Å²) in [6.45, 7) is 3.74. The fourth-order valence-corrected chi connectivity index (χ4v) is 2.03. The van der Waals surface area contributed by atoms with Crippen molar-refractivity contribution in [2.24, 2.45) is 4.99 Å². The molecule has 0 amide bonds. The highest BCUT2D eigenvalue weighted by molar-refractivity contribution is 14.0. The molecule has 0 fully saturated rings. The van der Waals surface area contributed by atoms with Crippen LogP contribution in [0.2, 0.25) is 5.02 Å². The number of aromatic nitrogens is 1. The Kier molecular flexibility index (Phi) is 8.86. The van der Waals surface area contributed by atoms with Gasteiger partial charge in [0, 0.05) is 12.7 Å². The maximum atomic E-state index is 13.1. The van der Waals surface area contributed by atoms with Gasteiger partial charge in [-0.3, -0.25) is 4.98 Å². The van der Waals surface area contributed by atoms with Crippen molar-refractivity contribution < 1.29 is 4.39 Å². The Hall–Kier alpha value is -1.41. The van der Waals surface area contributed by atoms with Gasteiger partial charge >= 0.3 is 0 Å². The first-order valence-corrected chi connectivity index (χ1v) is 7.43. The zero-order chi connectivity index (χ0) is 15.8. The summed E-state index contributed by atoms with van der Waals surface area (Å²) in [6, 6.07) is 10.4. The van der Waals surface area contributed by atoms with E-state index in [9.17, 15) is 4.39 Å². The predicted octanol–water partition coefficient (Wildman–Crippen LogP) is 3.75. The molecule has 0 aliphatic rings. The molecule has 2 aromatic rings. The summed E-state index contributed by atoms with van der Waals surface area (Å²) in [7, 11) is 0. The number of guanidine groups is 1. The highest BCUT2D eigenvalue weighted by Crippen LogP contribution is 2.16. The van der Waals surface area contributed by atoms with Gasteiger partial charge in [0.2, 0.25) is 0 Å². The molecule has 0 aliphatic heterocycles. The first kappa shape index (κ1) is 19.6. The molecule has 23 heavy (non-hydrogen) atoms. The summed E-state index contributed by atoms with van der Waals surface area (Å²) in [5.41, 5.74) is 1.78. The van der Waals surface area contributed by atoms with Crippen LogP contribution in [-0.2, 0) is 13.1 Å². The molecule has 0 spiro atoms. The van der Waals surface area contributed by atoms with Crippen molar-refractivity contribution in [3.8, 4) is 0 Å². The highest BCUT2D eigenvalue weighted by Gasteiger charge is 2.02. The van der Waals surface area contributed by atoms with E-state index in [4.69, 9.17) is 11.6 Å². The Morgan fingerprint density at radius 2 is 2.09 bits per heavy atom. The van der Waals surface area contributed by atoms with Crippen LogP contribution in [-0.4, -0.2) is 17.5 Å². The van der Waals surface area contributed by atoms with Crippen LogP contribution >= 0.6 is 35.6 Å². The summed E-state index contributed by atoms with van der Waals surface area (Å²) in [5, 5.41) is 6.47. The maximum absolute atomic E-state index is 13.1. The fraction of sp³-hybridized carbons (Fsp3) is 0.250. The summed E-state index contributed by atoms with van der Waals surface area (Å²) >= 11 is 5.77. The van der Waals surface area contributed by atoms with Crippen LogP contribution in [0.5, 0.6) is 0 Å². The van der Waals surface area contributed by atoms with Crippen molar-refractivity contribution in [3.63, 3.8) is 0 Å². The number of rotatable bonds is 5. The van der Waals surface area contributed by atoms with E-state index in [2.05, 4.69) is 20.6 Å². The van der Waals surface area contributed by atoms with E-state index in [1.54, 1.807) is 18.3 Å². The van der Waals surface area contributed by atoms with Gasteiger partial charge in [-0.25, -0.2) is 9.38 Å². The van der Waals surface area contributed by atoms with Crippen LogP contribution < -0.4 is 10.6 Å². The van der Waals surface area contributed by atoms with Crippen LogP contribution in [0.4, 0.5) is 4.39 Å². The summed E-state index contributed by atoms with van der Waals surface area (Å²) < 4.78 is 13.1. The number of pyridine rings is 1. The average molecular weight is 449 g/mol. The van der Waals surface area contributed by atoms with Crippen molar-refractivity contribution in [1.82, 2.24) is 15.6 Å². The van der Waals surface area contributed by atoms with Crippen LogP contribution in [0.1, 0.15) is 18.2 Å². The van der Waals surface area contributed by atoms with Crippen molar-refractivity contribution >= 4 is 41.5 Å². The molecule has 0 saturated heterocycles. The summed E-state index contributed by atoms with van der Waals surface area (Å²) in [5.74, 6) is 0.253. The maximum Gasteiger partial charge on any atom is 0.191 e. The number of nitrogens with one attached hydrogen (secondary N) is 2. The molecular formula is C16H19ClFIN4. The smallest absolute Gasteiger partial charge is 0.191 e. The van der Waals surface area contributed by atoms with E-state index in [0.717, 1.165) is 17.8 Å². The van der Waals surface area contributed by atoms with E-state index in [0.29, 0.717) is 19.0 Å². The molecular weight excluding hydrogens is 430 g/mol. The Morgan fingerprint density at radius 3 is 2.74 bits per heavy atom. The first-order chi connectivity index (χ1) is 10.7. The van der Waals surface area contributed by atoms with Crippen molar-refractivity contribution in [3.05, 3.63) is 64.7 Å². The monoisotopic (exact) mass is 448 g/mol. The minimum Gasteiger partial charge on any atom is -0.357 e. The van der Waals surface area contributed by atoms with E-state index < -0.39 is 5.82 Å². The Bertz CT molecular complexity index is 637. The molecule has 2 rings (SSSR count). The number of nitrogens with zero attached hydrogens (tertiary/aromatic N) is 2. The topological polar surface area (TPSA) is 49.3 Å². The van der Waals surface area contributed by atoms with Gasteiger partial charge in [0.05, 0.1) is 23.8 Å². The third kappa shape index (κ3) is 6.70.